The number of nitrogens with one attached hydrogen (secondary N) is 1. The summed E-state index contributed by atoms with van der Waals surface area (Å²) in [6, 6.07) is 8.38. The fraction of sp³-hybridized carbons (Fsp3) is 0.556. The number of hydrogen-bond acceptors (Lipinski definition) is 6. The zero-order chi connectivity index (χ0) is 18.2. The van der Waals surface area contributed by atoms with Crippen molar-refractivity contribution >= 4 is 17.6 Å². The van der Waals surface area contributed by atoms with Gasteiger partial charge < -0.3 is 19.7 Å². The van der Waals surface area contributed by atoms with Gasteiger partial charge in [-0.3, -0.25) is 14.5 Å². The third-order valence-electron chi connectivity index (χ3n) is 4.18. The standard InChI is InChI=1S/C18H27N3O4/c1-14(22)25-13-18(23)19-12-17(21-8-10-24-11-9-21)15-4-6-16(7-5-15)20(2)3/h4-7,17H,8-13H2,1-3H3,(H,19,23)/t17-/m1/s1. The van der Waals surface area contributed by atoms with Crippen LogP contribution in [0.1, 0.15) is 18.5 Å². The maximum absolute atomic E-state index is 11.9. The first-order valence-electron chi connectivity index (χ1n) is 8.46. The summed E-state index contributed by atoms with van der Waals surface area (Å²) in [6.45, 7) is 4.52. The number of rotatable bonds is 7. The molecule has 1 fully saturated rings. The number of esters is 1. The van der Waals surface area contributed by atoms with Crippen molar-refractivity contribution in [3.8, 4) is 0 Å². The summed E-state index contributed by atoms with van der Waals surface area (Å²) < 4.78 is 10.2. The van der Waals surface area contributed by atoms with Crippen molar-refractivity contribution in [2.24, 2.45) is 0 Å². The number of carbonyl (C=O) groups is 2. The first-order chi connectivity index (χ1) is 12.0. The Morgan fingerprint density at radius 1 is 1.24 bits per heavy atom. The van der Waals surface area contributed by atoms with Gasteiger partial charge in [0.05, 0.1) is 19.3 Å². The van der Waals surface area contributed by atoms with Gasteiger partial charge in [-0.15, -0.1) is 0 Å². The number of nitrogens with zero attached hydrogens (tertiary/aromatic N) is 2. The Morgan fingerprint density at radius 3 is 2.44 bits per heavy atom. The van der Waals surface area contributed by atoms with Gasteiger partial charge in [0.1, 0.15) is 0 Å². The molecule has 1 amide bonds. The third-order valence-corrected chi connectivity index (χ3v) is 4.18. The molecule has 0 saturated carbocycles. The molecule has 1 aromatic carbocycles. The van der Waals surface area contributed by atoms with Crippen molar-refractivity contribution in [2.75, 3.05) is 58.5 Å². The highest BCUT2D eigenvalue weighted by molar-refractivity contribution is 5.79. The summed E-state index contributed by atoms with van der Waals surface area (Å²) in [5, 5.41) is 2.86. The van der Waals surface area contributed by atoms with Crippen molar-refractivity contribution < 1.29 is 19.1 Å². The topological polar surface area (TPSA) is 71.1 Å². The highest BCUT2D eigenvalue weighted by Crippen LogP contribution is 2.23. The highest BCUT2D eigenvalue weighted by Gasteiger charge is 2.23. The van der Waals surface area contributed by atoms with Crippen molar-refractivity contribution in [3.05, 3.63) is 29.8 Å². The van der Waals surface area contributed by atoms with Crippen LogP contribution >= 0.6 is 0 Å². The molecule has 2 rings (SSSR count). The minimum absolute atomic E-state index is 0.0568. The largest absolute Gasteiger partial charge is 0.456 e. The number of morpholine rings is 1. The Kier molecular flexibility index (Phi) is 7.21. The zero-order valence-electron chi connectivity index (χ0n) is 15.2. The highest BCUT2D eigenvalue weighted by atomic mass is 16.5. The van der Waals surface area contributed by atoms with Crippen LogP contribution in [0.25, 0.3) is 0 Å². The van der Waals surface area contributed by atoms with Gasteiger partial charge in [0, 0.05) is 46.3 Å². The van der Waals surface area contributed by atoms with Gasteiger partial charge in [-0.05, 0) is 17.7 Å². The molecule has 1 aromatic rings. The minimum Gasteiger partial charge on any atom is -0.456 e. The number of anilines is 1. The quantitative estimate of drug-likeness (QED) is 0.735. The lowest BCUT2D eigenvalue weighted by molar-refractivity contribution is -0.146. The van der Waals surface area contributed by atoms with E-state index < -0.39 is 5.97 Å². The minimum atomic E-state index is -0.459. The van der Waals surface area contributed by atoms with Crippen LogP contribution in [-0.2, 0) is 19.1 Å². The molecule has 0 unspecified atom stereocenters. The maximum atomic E-state index is 11.9. The van der Waals surface area contributed by atoms with Crippen LogP contribution < -0.4 is 10.2 Å². The normalized spacial score (nSPS) is 16.1. The van der Waals surface area contributed by atoms with E-state index in [1.807, 2.05) is 19.0 Å². The Morgan fingerprint density at radius 2 is 1.88 bits per heavy atom. The molecule has 0 bridgehead atoms. The fourth-order valence-electron chi connectivity index (χ4n) is 2.77. The summed E-state index contributed by atoms with van der Waals surface area (Å²) in [6.07, 6.45) is 0. The summed E-state index contributed by atoms with van der Waals surface area (Å²) in [5.74, 6) is -0.752. The molecular formula is C18H27N3O4. The number of benzene rings is 1. The smallest absolute Gasteiger partial charge is 0.303 e. The van der Waals surface area contributed by atoms with E-state index in [2.05, 4.69) is 34.5 Å². The van der Waals surface area contributed by atoms with Crippen LogP contribution in [0.15, 0.2) is 24.3 Å². The lowest BCUT2D eigenvalue weighted by Gasteiger charge is -2.35. The average molecular weight is 349 g/mol. The van der Waals surface area contributed by atoms with Gasteiger partial charge in [0.15, 0.2) is 6.61 Å². The van der Waals surface area contributed by atoms with Crippen molar-refractivity contribution in [1.82, 2.24) is 10.2 Å². The van der Waals surface area contributed by atoms with E-state index in [-0.39, 0.29) is 18.6 Å². The maximum Gasteiger partial charge on any atom is 0.303 e. The molecule has 0 radical (unpaired) electrons. The molecule has 1 heterocycles. The van der Waals surface area contributed by atoms with Crippen LogP contribution in [-0.4, -0.2) is 70.3 Å². The first-order valence-corrected chi connectivity index (χ1v) is 8.46. The van der Waals surface area contributed by atoms with Crippen LogP contribution in [0.3, 0.4) is 0 Å². The van der Waals surface area contributed by atoms with E-state index in [9.17, 15) is 9.59 Å². The predicted molar refractivity (Wildman–Crippen MR) is 95.5 cm³/mol. The van der Waals surface area contributed by atoms with Gasteiger partial charge in [-0.25, -0.2) is 0 Å². The second kappa shape index (κ2) is 9.39. The van der Waals surface area contributed by atoms with Gasteiger partial charge in [-0.2, -0.15) is 0 Å². The summed E-state index contributed by atoms with van der Waals surface area (Å²) >= 11 is 0. The van der Waals surface area contributed by atoms with Crippen molar-refractivity contribution in [2.45, 2.75) is 13.0 Å². The molecule has 1 aliphatic rings. The molecule has 7 heteroatoms. The van der Waals surface area contributed by atoms with Crippen molar-refractivity contribution in [3.63, 3.8) is 0 Å². The molecule has 25 heavy (non-hydrogen) atoms. The molecule has 1 saturated heterocycles. The van der Waals surface area contributed by atoms with E-state index >= 15 is 0 Å². The number of ether oxygens (including phenoxy) is 2. The Labute approximate surface area is 148 Å². The average Bonchev–Trinajstić information content (AvgIpc) is 2.61. The van der Waals surface area contributed by atoms with E-state index in [1.54, 1.807) is 0 Å². The molecule has 0 aromatic heterocycles. The molecule has 0 spiro atoms. The summed E-state index contributed by atoms with van der Waals surface area (Å²) in [5.41, 5.74) is 2.27. The van der Waals surface area contributed by atoms with Crippen LogP contribution in [0.5, 0.6) is 0 Å². The molecular weight excluding hydrogens is 322 g/mol. The SMILES string of the molecule is CC(=O)OCC(=O)NC[C@H](c1ccc(N(C)C)cc1)N1CCOCC1. The van der Waals surface area contributed by atoms with Gasteiger partial charge >= 0.3 is 5.97 Å². The number of carbonyl (C=O) groups excluding carboxylic acids is 2. The second-order valence-electron chi connectivity index (χ2n) is 6.23. The fourth-order valence-corrected chi connectivity index (χ4v) is 2.77. The Balaban J connectivity index is 2.04. The molecule has 138 valence electrons. The number of amides is 1. The summed E-state index contributed by atoms with van der Waals surface area (Å²) in [4.78, 5) is 27.0. The van der Waals surface area contributed by atoms with Crippen LogP contribution in [0.2, 0.25) is 0 Å². The number of hydrogen-bond donors (Lipinski definition) is 1. The zero-order valence-corrected chi connectivity index (χ0v) is 15.2. The second-order valence-corrected chi connectivity index (χ2v) is 6.23. The Bertz CT molecular complexity index is 568. The summed E-state index contributed by atoms with van der Waals surface area (Å²) in [7, 11) is 4.01. The van der Waals surface area contributed by atoms with E-state index in [4.69, 9.17) is 9.47 Å². The molecule has 0 aliphatic carbocycles. The van der Waals surface area contributed by atoms with E-state index in [0.717, 1.165) is 24.3 Å². The lowest BCUT2D eigenvalue weighted by Crippen LogP contribution is -2.44. The monoisotopic (exact) mass is 349 g/mol. The molecule has 1 aliphatic heterocycles. The van der Waals surface area contributed by atoms with Gasteiger partial charge in [0.25, 0.3) is 5.91 Å². The van der Waals surface area contributed by atoms with Crippen molar-refractivity contribution in [1.29, 1.82) is 0 Å². The van der Waals surface area contributed by atoms with Gasteiger partial charge in [0.2, 0.25) is 0 Å². The lowest BCUT2D eigenvalue weighted by atomic mass is 10.0. The van der Waals surface area contributed by atoms with E-state index in [1.165, 1.54) is 6.92 Å². The molecule has 1 atom stereocenters. The molecule has 1 N–H and O–H groups in total. The van der Waals surface area contributed by atoms with E-state index in [0.29, 0.717) is 19.8 Å². The molecule has 7 nitrogen and oxygen atoms in total. The van der Waals surface area contributed by atoms with Crippen LogP contribution in [0, 0.1) is 0 Å². The third kappa shape index (κ3) is 6.03. The predicted octanol–water partition coefficient (Wildman–Crippen LogP) is 0.805. The van der Waals surface area contributed by atoms with Crippen LogP contribution in [0.4, 0.5) is 5.69 Å². The van der Waals surface area contributed by atoms with Gasteiger partial charge in [-0.1, -0.05) is 12.1 Å². The Hall–Kier alpha value is -2.12. The first kappa shape index (κ1) is 19.2.